The van der Waals surface area contributed by atoms with E-state index < -0.39 is 6.23 Å². The van der Waals surface area contributed by atoms with Crippen molar-refractivity contribution in [3.63, 3.8) is 0 Å². The molecule has 6 heteroatoms. The summed E-state index contributed by atoms with van der Waals surface area (Å²) in [6.45, 7) is 2.54. The molecule has 0 saturated carbocycles. The van der Waals surface area contributed by atoms with Gasteiger partial charge in [-0.1, -0.05) is 48.0 Å². The fourth-order valence-electron chi connectivity index (χ4n) is 3.94. The highest BCUT2D eigenvalue weighted by Crippen LogP contribution is 2.51. The fourth-order valence-corrected chi connectivity index (χ4v) is 4.17. The smallest absolute Gasteiger partial charge is 0.215 e. The van der Waals surface area contributed by atoms with Crippen LogP contribution in [0.1, 0.15) is 42.3 Å². The zero-order valence-electron chi connectivity index (χ0n) is 16.0. The number of fused-ring (bicyclic) bond motifs is 3. The Morgan fingerprint density at radius 1 is 1.10 bits per heavy atom. The first-order valence-corrected chi connectivity index (χ1v) is 10.1. The van der Waals surface area contributed by atoms with Crippen molar-refractivity contribution < 1.29 is 9.47 Å². The van der Waals surface area contributed by atoms with E-state index in [0.29, 0.717) is 11.6 Å². The molecular formula is C23H20ClN3O2. The van der Waals surface area contributed by atoms with Gasteiger partial charge in [-0.3, -0.25) is 4.98 Å². The second-order valence-corrected chi connectivity index (χ2v) is 7.39. The molecule has 3 aromatic rings. The minimum Gasteiger partial charge on any atom is -0.490 e. The summed E-state index contributed by atoms with van der Waals surface area (Å²) in [6.07, 6.45) is 3.95. The highest BCUT2D eigenvalue weighted by Gasteiger charge is 2.42. The van der Waals surface area contributed by atoms with Crippen molar-refractivity contribution in [3.8, 4) is 11.5 Å². The Hall–Kier alpha value is -3.05. The van der Waals surface area contributed by atoms with Gasteiger partial charge in [0.15, 0.2) is 11.5 Å². The van der Waals surface area contributed by atoms with Gasteiger partial charge in [0.1, 0.15) is 0 Å². The molecule has 5 rings (SSSR count). The van der Waals surface area contributed by atoms with Crippen LogP contribution in [0.5, 0.6) is 11.5 Å². The summed E-state index contributed by atoms with van der Waals surface area (Å²) in [5.74, 6) is 1.51. The Bertz CT molecular complexity index is 1070. The first kappa shape index (κ1) is 18.0. The van der Waals surface area contributed by atoms with Gasteiger partial charge in [0.25, 0.3) is 0 Å². The molecule has 0 radical (unpaired) electrons. The molecule has 0 fully saturated rings. The molecule has 0 aliphatic carbocycles. The number of para-hydroxylation sites is 1. The van der Waals surface area contributed by atoms with E-state index in [9.17, 15) is 0 Å². The lowest BCUT2D eigenvalue weighted by atomic mass is 9.96. The molecule has 1 aromatic heterocycles. The van der Waals surface area contributed by atoms with E-state index in [1.54, 1.807) is 6.20 Å². The van der Waals surface area contributed by atoms with Crippen LogP contribution in [0.2, 0.25) is 5.02 Å². The van der Waals surface area contributed by atoms with Gasteiger partial charge < -0.3 is 9.47 Å². The molecule has 0 N–H and O–H groups in total. The Morgan fingerprint density at radius 3 is 2.76 bits per heavy atom. The molecular weight excluding hydrogens is 386 g/mol. The van der Waals surface area contributed by atoms with Gasteiger partial charge in [-0.25, -0.2) is 5.01 Å². The number of aromatic nitrogens is 1. The lowest BCUT2D eigenvalue weighted by molar-refractivity contribution is -0.0211. The average Bonchev–Trinajstić information content (AvgIpc) is 3.21. The van der Waals surface area contributed by atoms with Crippen molar-refractivity contribution in [2.75, 3.05) is 6.61 Å². The van der Waals surface area contributed by atoms with E-state index in [1.807, 2.05) is 66.7 Å². The van der Waals surface area contributed by atoms with E-state index in [-0.39, 0.29) is 6.04 Å². The zero-order valence-corrected chi connectivity index (χ0v) is 16.7. The maximum absolute atomic E-state index is 6.53. The van der Waals surface area contributed by atoms with Gasteiger partial charge in [-0.15, -0.1) is 0 Å². The maximum Gasteiger partial charge on any atom is 0.215 e. The number of benzene rings is 2. The molecule has 3 heterocycles. The van der Waals surface area contributed by atoms with Crippen LogP contribution in [0, 0.1) is 0 Å². The third kappa shape index (κ3) is 3.12. The van der Waals surface area contributed by atoms with E-state index in [4.69, 9.17) is 26.2 Å². The van der Waals surface area contributed by atoms with Gasteiger partial charge in [-0.2, -0.15) is 5.10 Å². The number of hydrogen-bond donors (Lipinski definition) is 0. The molecule has 5 nitrogen and oxygen atoms in total. The molecule has 0 spiro atoms. The van der Waals surface area contributed by atoms with Crippen LogP contribution >= 0.6 is 11.6 Å². The van der Waals surface area contributed by atoms with Gasteiger partial charge in [-0.05, 0) is 25.1 Å². The summed E-state index contributed by atoms with van der Waals surface area (Å²) >= 11 is 6.53. The monoisotopic (exact) mass is 405 g/mol. The van der Waals surface area contributed by atoms with Crippen LogP contribution in [-0.2, 0) is 0 Å². The number of pyridine rings is 1. The zero-order chi connectivity index (χ0) is 19.8. The van der Waals surface area contributed by atoms with Crippen LogP contribution < -0.4 is 9.47 Å². The number of hydrazone groups is 1. The molecule has 0 unspecified atom stereocenters. The van der Waals surface area contributed by atoms with E-state index in [2.05, 4.69) is 11.1 Å². The minimum absolute atomic E-state index is 0.0376. The first-order valence-electron chi connectivity index (χ1n) is 9.69. The Balaban J connectivity index is 1.64. The third-order valence-corrected chi connectivity index (χ3v) is 5.59. The molecule has 2 aliphatic heterocycles. The highest BCUT2D eigenvalue weighted by molar-refractivity contribution is 6.31. The Kier molecular flexibility index (Phi) is 4.60. The lowest BCUT2D eigenvalue weighted by Gasteiger charge is -2.39. The van der Waals surface area contributed by atoms with Crippen LogP contribution in [0.4, 0.5) is 0 Å². The topological polar surface area (TPSA) is 47.0 Å². The lowest BCUT2D eigenvalue weighted by Crippen LogP contribution is -2.34. The summed E-state index contributed by atoms with van der Waals surface area (Å²) in [4.78, 5) is 4.25. The predicted octanol–water partition coefficient (Wildman–Crippen LogP) is 5.38. The van der Waals surface area contributed by atoms with E-state index in [0.717, 1.165) is 40.3 Å². The van der Waals surface area contributed by atoms with Crippen molar-refractivity contribution in [3.05, 3.63) is 88.7 Å². The van der Waals surface area contributed by atoms with Gasteiger partial charge in [0.05, 0.1) is 18.4 Å². The standard InChI is InChI=1S/C23H20ClN3O2/c1-2-28-21-11-5-9-17-20-13-19(15-7-6-12-25-14-15)26-27(20)23(29-22(17)21)16-8-3-4-10-18(16)24/h3-12,14,20,23H,2,13H2,1H3/t20-,23+/m0/s1. The second-order valence-electron chi connectivity index (χ2n) is 6.99. The normalized spacial score (nSPS) is 19.8. The molecule has 2 aromatic carbocycles. The molecule has 146 valence electrons. The van der Waals surface area contributed by atoms with Crippen molar-refractivity contribution in [2.45, 2.75) is 25.6 Å². The summed E-state index contributed by atoms with van der Waals surface area (Å²) in [5, 5.41) is 7.61. The molecule has 0 amide bonds. The summed E-state index contributed by atoms with van der Waals surface area (Å²) in [5.41, 5.74) is 3.95. The van der Waals surface area contributed by atoms with Crippen LogP contribution in [0.15, 0.2) is 72.1 Å². The van der Waals surface area contributed by atoms with Gasteiger partial charge >= 0.3 is 0 Å². The molecule has 0 saturated heterocycles. The van der Waals surface area contributed by atoms with E-state index >= 15 is 0 Å². The van der Waals surface area contributed by atoms with Crippen molar-refractivity contribution in [1.82, 2.24) is 9.99 Å². The van der Waals surface area contributed by atoms with Crippen molar-refractivity contribution in [2.24, 2.45) is 5.10 Å². The van der Waals surface area contributed by atoms with Crippen LogP contribution in [-0.4, -0.2) is 22.3 Å². The number of halogens is 1. The highest BCUT2D eigenvalue weighted by atomic mass is 35.5. The third-order valence-electron chi connectivity index (χ3n) is 5.25. The molecule has 29 heavy (non-hydrogen) atoms. The summed E-state index contributed by atoms with van der Waals surface area (Å²) < 4.78 is 12.3. The average molecular weight is 406 g/mol. The molecule has 0 bridgehead atoms. The number of rotatable bonds is 4. The number of hydrogen-bond acceptors (Lipinski definition) is 5. The Morgan fingerprint density at radius 2 is 1.97 bits per heavy atom. The van der Waals surface area contributed by atoms with Crippen LogP contribution in [0.3, 0.4) is 0 Å². The Labute approximate surface area is 174 Å². The minimum atomic E-state index is -0.433. The second kappa shape index (κ2) is 7.41. The van der Waals surface area contributed by atoms with Crippen LogP contribution in [0.25, 0.3) is 0 Å². The number of nitrogens with zero attached hydrogens (tertiary/aromatic N) is 3. The van der Waals surface area contributed by atoms with Gasteiger partial charge in [0.2, 0.25) is 6.23 Å². The molecule has 2 aliphatic rings. The first-order chi connectivity index (χ1) is 14.3. The molecule has 2 atom stereocenters. The fraction of sp³-hybridized carbons (Fsp3) is 0.217. The van der Waals surface area contributed by atoms with Crippen molar-refractivity contribution in [1.29, 1.82) is 0 Å². The largest absolute Gasteiger partial charge is 0.490 e. The summed E-state index contributed by atoms with van der Waals surface area (Å²) in [6, 6.07) is 17.8. The predicted molar refractivity (Wildman–Crippen MR) is 112 cm³/mol. The van der Waals surface area contributed by atoms with Crippen molar-refractivity contribution >= 4 is 17.3 Å². The van der Waals surface area contributed by atoms with E-state index in [1.165, 1.54) is 0 Å². The summed E-state index contributed by atoms with van der Waals surface area (Å²) in [7, 11) is 0. The van der Waals surface area contributed by atoms with Gasteiger partial charge in [0, 0.05) is 40.5 Å². The number of ether oxygens (including phenoxy) is 2. The quantitative estimate of drug-likeness (QED) is 0.585. The SMILES string of the molecule is CCOc1cccc2c1O[C@H](c1ccccc1Cl)N1N=C(c3cccnc3)C[C@@H]21. The maximum atomic E-state index is 6.53.